The third-order valence-corrected chi connectivity index (χ3v) is 2.23. The molecule has 1 amide bonds. The molecule has 0 unspecified atom stereocenters. The predicted octanol–water partition coefficient (Wildman–Crippen LogP) is 1.29. The molecule has 1 aromatic carbocycles. The Bertz CT molecular complexity index is 409. The molecule has 0 bridgehead atoms. The number of nitrogens with one attached hydrogen (secondary N) is 1. The lowest BCUT2D eigenvalue weighted by Crippen LogP contribution is -2.12. The van der Waals surface area contributed by atoms with Gasteiger partial charge in [-0.1, -0.05) is 0 Å². The van der Waals surface area contributed by atoms with Crippen LogP contribution in [0.25, 0.3) is 0 Å². The van der Waals surface area contributed by atoms with Crippen molar-refractivity contribution < 1.29 is 14.6 Å². The maximum absolute atomic E-state index is 11.5. The quantitative estimate of drug-likeness (QED) is 0.712. The van der Waals surface area contributed by atoms with Gasteiger partial charge >= 0.3 is 0 Å². The van der Waals surface area contributed by atoms with Crippen LogP contribution in [0.1, 0.15) is 18.4 Å². The van der Waals surface area contributed by atoms with Crippen molar-refractivity contribution in [2.75, 3.05) is 25.1 Å². The van der Waals surface area contributed by atoms with Crippen molar-refractivity contribution in [1.29, 1.82) is 5.26 Å². The molecule has 0 spiro atoms. The highest BCUT2D eigenvalue weighted by molar-refractivity contribution is 5.90. The number of aliphatic hydroxyl groups excluding tert-OH is 1. The maximum Gasteiger partial charge on any atom is 0.224 e. The van der Waals surface area contributed by atoms with Gasteiger partial charge in [-0.15, -0.1) is 0 Å². The molecule has 0 heterocycles. The summed E-state index contributed by atoms with van der Waals surface area (Å²) in [5, 5.41) is 19.8. The van der Waals surface area contributed by atoms with E-state index in [2.05, 4.69) is 5.32 Å². The molecule has 0 atom stereocenters. The van der Waals surface area contributed by atoms with Gasteiger partial charge < -0.3 is 15.2 Å². The third kappa shape index (κ3) is 5.43. The Morgan fingerprint density at radius 2 is 2.06 bits per heavy atom. The number of hydrogen-bond acceptors (Lipinski definition) is 4. The number of hydrogen-bond donors (Lipinski definition) is 2. The average Bonchev–Trinajstić information content (AvgIpc) is 2.39. The monoisotopic (exact) mass is 248 g/mol. The number of ether oxygens (including phenoxy) is 1. The van der Waals surface area contributed by atoms with Crippen molar-refractivity contribution >= 4 is 11.6 Å². The van der Waals surface area contributed by atoms with Crippen molar-refractivity contribution in [2.45, 2.75) is 12.8 Å². The van der Waals surface area contributed by atoms with E-state index in [9.17, 15) is 4.79 Å². The van der Waals surface area contributed by atoms with E-state index in [-0.39, 0.29) is 12.5 Å². The van der Waals surface area contributed by atoms with E-state index in [1.807, 2.05) is 6.07 Å². The van der Waals surface area contributed by atoms with E-state index in [4.69, 9.17) is 15.1 Å². The zero-order chi connectivity index (χ0) is 13.2. The zero-order valence-electron chi connectivity index (χ0n) is 10.1. The van der Waals surface area contributed by atoms with Crippen molar-refractivity contribution in [3.05, 3.63) is 29.8 Å². The molecule has 0 saturated heterocycles. The fraction of sp³-hybridized carbons (Fsp3) is 0.385. The van der Waals surface area contributed by atoms with E-state index >= 15 is 0 Å². The normalized spacial score (nSPS) is 9.78. The molecule has 0 aliphatic carbocycles. The van der Waals surface area contributed by atoms with Crippen LogP contribution in [0.4, 0.5) is 5.69 Å². The molecular formula is C13H16N2O3. The predicted molar refractivity (Wildman–Crippen MR) is 66.9 cm³/mol. The largest absolute Gasteiger partial charge is 0.394 e. The van der Waals surface area contributed by atoms with Crippen LogP contribution in [0.15, 0.2) is 24.3 Å². The Balaban J connectivity index is 2.25. The van der Waals surface area contributed by atoms with Crippen molar-refractivity contribution in [1.82, 2.24) is 0 Å². The molecule has 1 aromatic rings. The molecule has 96 valence electrons. The number of anilines is 1. The number of rotatable bonds is 7. The molecule has 0 aromatic heterocycles. The molecule has 5 heteroatoms. The van der Waals surface area contributed by atoms with Crippen LogP contribution in [0.5, 0.6) is 0 Å². The van der Waals surface area contributed by atoms with Crippen LogP contribution in [-0.4, -0.2) is 30.8 Å². The van der Waals surface area contributed by atoms with E-state index in [0.717, 1.165) is 0 Å². The SMILES string of the molecule is N#Cc1ccc(NC(=O)CCCOCCO)cc1. The summed E-state index contributed by atoms with van der Waals surface area (Å²) in [6.07, 6.45) is 0.980. The van der Waals surface area contributed by atoms with Crippen LogP contribution in [-0.2, 0) is 9.53 Å². The molecule has 0 aliphatic heterocycles. The van der Waals surface area contributed by atoms with E-state index in [1.54, 1.807) is 24.3 Å². The minimum atomic E-state index is -0.0905. The van der Waals surface area contributed by atoms with Crippen molar-refractivity contribution in [2.24, 2.45) is 0 Å². The fourth-order valence-electron chi connectivity index (χ4n) is 1.35. The number of carbonyl (C=O) groups is 1. The molecule has 0 saturated carbocycles. The highest BCUT2D eigenvalue weighted by Gasteiger charge is 2.02. The van der Waals surface area contributed by atoms with Crippen molar-refractivity contribution in [3.63, 3.8) is 0 Å². The van der Waals surface area contributed by atoms with Crippen molar-refractivity contribution in [3.8, 4) is 6.07 Å². The van der Waals surface area contributed by atoms with Crippen LogP contribution in [0.3, 0.4) is 0 Å². The first-order valence-corrected chi connectivity index (χ1v) is 5.75. The van der Waals surface area contributed by atoms with Crippen LogP contribution in [0, 0.1) is 11.3 Å². The first-order chi connectivity index (χ1) is 8.76. The van der Waals surface area contributed by atoms with Gasteiger partial charge in [0, 0.05) is 18.7 Å². The zero-order valence-corrected chi connectivity index (χ0v) is 10.1. The lowest BCUT2D eigenvalue weighted by atomic mass is 10.2. The average molecular weight is 248 g/mol. The Kier molecular flexibility index (Phi) is 6.47. The molecule has 1 rings (SSSR count). The molecule has 0 radical (unpaired) electrons. The van der Waals surface area contributed by atoms with Gasteiger partial charge in [-0.2, -0.15) is 5.26 Å². The molecule has 0 aliphatic rings. The molecule has 18 heavy (non-hydrogen) atoms. The third-order valence-electron chi connectivity index (χ3n) is 2.23. The topological polar surface area (TPSA) is 82.4 Å². The van der Waals surface area contributed by atoms with Crippen LogP contribution in [0.2, 0.25) is 0 Å². The summed E-state index contributed by atoms with van der Waals surface area (Å²) >= 11 is 0. The van der Waals surface area contributed by atoms with Crippen LogP contribution >= 0.6 is 0 Å². The second-order valence-corrected chi connectivity index (χ2v) is 3.68. The lowest BCUT2D eigenvalue weighted by Gasteiger charge is -2.05. The van der Waals surface area contributed by atoms with Crippen LogP contribution < -0.4 is 5.32 Å². The van der Waals surface area contributed by atoms with Gasteiger partial charge in [-0.3, -0.25) is 4.79 Å². The van der Waals surface area contributed by atoms with E-state index in [1.165, 1.54) is 0 Å². The number of benzene rings is 1. The molecule has 0 fully saturated rings. The standard InChI is InChI=1S/C13H16N2O3/c14-10-11-3-5-12(6-4-11)15-13(17)2-1-8-18-9-7-16/h3-6,16H,1-2,7-9H2,(H,15,17). The van der Waals surface area contributed by atoms with Gasteiger partial charge in [-0.25, -0.2) is 0 Å². The summed E-state index contributed by atoms with van der Waals surface area (Å²) in [6.45, 7) is 0.760. The van der Waals surface area contributed by atoms with Gasteiger partial charge in [0.2, 0.25) is 5.91 Å². The number of aliphatic hydroxyl groups is 1. The number of nitriles is 1. The minimum Gasteiger partial charge on any atom is -0.394 e. The Morgan fingerprint density at radius 3 is 2.67 bits per heavy atom. The number of carbonyl (C=O) groups excluding carboxylic acids is 1. The Morgan fingerprint density at radius 1 is 1.33 bits per heavy atom. The van der Waals surface area contributed by atoms with Gasteiger partial charge in [0.25, 0.3) is 0 Å². The summed E-state index contributed by atoms with van der Waals surface area (Å²) in [6, 6.07) is 8.70. The first-order valence-electron chi connectivity index (χ1n) is 5.75. The summed E-state index contributed by atoms with van der Waals surface area (Å²) in [5.41, 5.74) is 1.24. The van der Waals surface area contributed by atoms with E-state index < -0.39 is 0 Å². The van der Waals surface area contributed by atoms with Gasteiger partial charge in [0.05, 0.1) is 24.8 Å². The fourth-order valence-corrected chi connectivity index (χ4v) is 1.35. The molecule has 2 N–H and O–H groups in total. The van der Waals surface area contributed by atoms with Gasteiger partial charge in [-0.05, 0) is 30.7 Å². The summed E-state index contributed by atoms with van der Waals surface area (Å²) in [7, 11) is 0. The number of nitrogens with zero attached hydrogens (tertiary/aromatic N) is 1. The lowest BCUT2D eigenvalue weighted by molar-refractivity contribution is -0.116. The molecular weight excluding hydrogens is 232 g/mol. The smallest absolute Gasteiger partial charge is 0.224 e. The van der Waals surface area contributed by atoms with E-state index in [0.29, 0.717) is 37.3 Å². The highest BCUT2D eigenvalue weighted by Crippen LogP contribution is 2.09. The number of amides is 1. The van der Waals surface area contributed by atoms with Gasteiger partial charge in [0.1, 0.15) is 0 Å². The highest BCUT2D eigenvalue weighted by atomic mass is 16.5. The first kappa shape index (κ1) is 14.2. The summed E-state index contributed by atoms with van der Waals surface area (Å²) < 4.78 is 5.05. The second-order valence-electron chi connectivity index (χ2n) is 3.68. The Labute approximate surface area is 106 Å². The van der Waals surface area contributed by atoms with Gasteiger partial charge in [0.15, 0.2) is 0 Å². The summed E-state index contributed by atoms with van der Waals surface area (Å²) in [5.74, 6) is -0.0905. The minimum absolute atomic E-state index is 0.00254. The summed E-state index contributed by atoms with van der Waals surface area (Å²) in [4.78, 5) is 11.5. The maximum atomic E-state index is 11.5. The Hall–Kier alpha value is -1.90. The second kappa shape index (κ2) is 8.23. The molecule has 5 nitrogen and oxygen atoms in total.